The van der Waals surface area contributed by atoms with Crippen LogP contribution < -0.4 is 10.1 Å². The molecule has 1 aromatic rings. The normalized spacial score (nSPS) is 12.2. The average molecular weight is 258 g/mol. The second-order valence-corrected chi connectivity index (χ2v) is 4.05. The third kappa shape index (κ3) is 4.24. The molecular weight excluding hydrogens is 242 g/mol. The molecule has 1 rings (SSSR count). The summed E-state index contributed by atoms with van der Waals surface area (Å²) in [6.07, 6.45) is 0. The first-order valence-electron chi connectivity index (χ1n) is 5.42. The molecule has 4 nitrogen and oxygen atoms in total. The Bertz CT molecular complexity index is 395. The molecule has 0 aliphatic rings. The molecule has 0 aromatic heterocycles. The summed E-state index contributed by atoms with van der Waals surface area (Å²) >= 11 is 6.02. The predicted molar refractivity (Wildman–Crippen MR) is 66.6 cm³/mol. The SMILES string of the molecule is CCOc1ccc(CNC(C)C(=O)O)cc1Cl. The summed E-state index contributed by atoms with van der Waals surface area (Å²) in [6, 6.07) is 4.83. The molecule has 0 aliphatic heterocycles. The summed E-state index contributed by atoms with van der Waals surface area (Å²) in [6.45, 7) is 4.51. The monoisotopic (exact) mass is 257 g/mol. The van der Waals surface area contributed by atoms with Gasteiger partial charge < -0.3 is 15.2 Å². The lowest BCUT2D eigenvalue weighted by Gasteiger charge is -2.11. The van der Waals surface area contributed by atoms with E-state index in [0.717, 1.165) is 5.56 Å². The van der Waals surface area contributed by atoms with Crippen LogP contribution in [0, 0.1) is 0 Å². The highest BCUT2D eigenvalue weighted by Crippen LogP contribution is 2.25. The lowest BCUT2D eigenvalue weighted by atomic mass is 10.2. The molecule has 17 heavy (non-hydrogen) atoms. The third-order valence-electron chi connectivity index (χ3n) is 2.28. The van der Waals surface area contributed by atoms with Gasteiger partial charge >= 0.3 is 5.97 Å². The molecule has 2 N–H and O–H groups in total. The molecule has 0 saturated heterocycles. The van der Waals surface area contributed by atoms with E-state index in [4.69, 9.17) is 21.4 Å². The fourth-order valence-corrected chi connectivity index (χ4v) is 1.54. The van der Waals surface area contributed by atoms with Gasteiger partial charge in [-0.3, -0.25) is 4.79 Å². The van der Waals surface area contributed by atoms with Gasteiger partial charge in [0.05, 0.1) is 11.6 Å². The van der Waals surface area contributed by atoms with Crippen LogP contribution in [0.5, 0.6) is 5.75 Å². The van der Waals surface area contributed by atoms with Crippen molar-refractivity contribution in [3.63, 3.8) is 0 Å². The molecule has 1 aromatic carbocycles. The van der Waals surface area contributed by atoms with E-state index < -0.39 is 12.0 Å². The van der Waals surface area contributed by atoms with Crippen LogP contribution in [0.4, 0.5) is 0 Å². The maximum Gasteiger partial charge on any atom is 0.320 e. The molecule has 0 radical (unpaired) electrons. The summed E-state index contributed by atoms with van der Waals surface area (Å²) in [5.41, 5.74) is 0.923. The van der Waals surface area contributed by atoms with Crippen LogP contribution in [0.3, 0.4) is 0 Å². The van der Waals surface area contributed by atoms with Crippen LogP contribution in [0.1, 0.15) is 19.4 Å². The largest absolute Gasteiger partial charge is 0.492 e. The number of carboxylic acids is 1. The number of carboxylic acid groups (broad SMARTS) is 1. The molecule has 0 amide bonds. The van der Waals surface area contributed by atoms with Gasteiger partial charge in [-0.1, -0.05) is 17.7 Å². The van der Waals surface area contributed by atoms with E-state index in [1.165, 1.54) is 0 Å². The quantitative estimate of drug-likeness (QED) is 0.821. The first-order valence-corrected chi connectivity index (χ1v) is 5.79. The van der Waals surface area contributed by atoms with Crippen LogP contribution >= 0.6 is 11.6 Å². The van der Waals surface area contributed by atoms with Gasteiger partial charge in [0.2, 0.25) is 0 Å². The van der Waals surface area contributed by atoms with Gasteiger partial charge in [-0.25, -0.2) is 0 Å². The summed E-state index contributed by atoms with van der Waals surface area (Å²) in [4.78, 5) is 10.6. The van der Waals surface area contributed by atoms with Crippen molar-refractivity contribution >= 4 is 17.6 Å². The summed E-state index contributed by atoms with van der Waals surface area (Å²) in [7, 11) is 0. The van der Waals surface area contributed by atoms with Crippen molar-refractivity contribution in [2.45, 2.75) is 26.4 Å². The molecule has 0 saturated carbocycles. The van der Waals surface area contributed by atoms with E-state index in [2.05, 4.69) is 5.32 Å². The number of rotatable bonds is 6. The minimum absolute atomic E-state index is 0.458. The fourth-order valence-electron chi connectivity index (χ4n) is 1.29. The van der Waals surface area contributed by atoms with Crippen LogP contribution in [-0.4, -0.2) is 23.7 Å². The smallest absolute Gasteiger partial charge is 0.320 e. The third-order valence-corrected chi connectivity index (χ3v) is 2.57. The standard InChI is InChI=1S/C12H16ClNO3/c1-3-17-11-5-4-9(6-10(11)13)7-14-8(2)12(15)16/h4-6,8,14H,3,7H2,1-2H3,(H,15,16). The minimum Gasteiger partial charge on any atom is -0.492 e. The molecule has 0 heterocycles. The van der Waals surface area contributed by atoms with Crippen LogP contribution in [0.15, 0.2) is 18.2 Å². The summed E-state index contributed by atoms with van der Waals surface area (Å²) in [5, 5.41) is 12.1. The van der Waals surface area contributed by atoms with Crippen molar-refractivity contribution in [2.24, 2.45) is 0 Å². The zero-order chi connectivity index (χ0) is 12.8. The Balaban J connectivity index is 2.61. The second kappa shape index (κ2) is 6.47. The van der Waals surface area contributed by atoms with Crippen molar-refractivity contribution in [3.8, 4) is 5.75 Å². The van der Waals surface area contributed by atoms with Crippen molar-refractivity contribution in [1.82, 2.24) is 5.32 Å². The molecule has 1 unspecified atom stereocenters. The topological polar surface area (TPSA) is 58.6 Å². The second-order valence-electron chi connectivity index (χ2n) is 3.64. The molecule has 94 valence electrons. The minimum atomic E-state index is -0.873. The zero-order valence-electron chi connectivity index (χ0n) is 9.87. The van der Waals surface area contributed by atoms with Crippen LogP contribution in [0.2, 0.25) is 5.02 Å². The molecule has 5 heteroatoms. The van der Waals surface area contributed by atoms with Crippen LogP contribution in [-0.2, 0) is 11.3 Å². The van der Waals surface area contributed by atoms with E-state index in [1.54, 1.807) is 19.1 Å². The highest BCUT2D eigenvalue weighted by Gasteiger charge is 2.10. The number of nitrogens with one attached hydrogen (secondary N) is 1. The first kappa shape index (κ1) is 13.8. The molecule has 1 atom stereocenters. The Hall–Kier alpha value is -1.26. The van der Waals surface area contributed by atoms with Gasteiger partial charge in [0, 0.05) is 6.54 Å². The maximum absolute atomic E-state index is 10.6. The van der Waals surface area contributed by atoms with Gasteiger partial charge in [0.1, 0.15) is 11.8 Å². The molecule has 0 bridgehead atoms. The zero-order valence-corrected chi connectivity index (χ0v) is 10.6. The highest BCUT2D eigenvalue weighted by atomic mass is 35.5. The van der Waals surface area contributed by atoms with Crippen molar-refractivity contribution in [2.75, 3.05) is 6.61 Å². The molecular formula is C12H16ClNO3. The molecule has 0 spiro atoms. The van der Waals surface area contributed by atoms with E-state index in [0.29, 0.717) is 23.9 Å². The lowest BCUT2D eigenvalue weighted by Crippen LogP contribution is -2.33. The van der Waals surface area contributed by atoms with Gasteiger partial charge in [-0.2, -0.15) is 0 Å². The van der Waals surface area contributed by atoms with E-state index >= 15 is 0 Å². The lowest BCUT2D eigenvalue weighted by molar-refractivity contribution is -0.139. The number of hydrogen-bond donors (Lipinski definition) is 2. The number of benzene rings is 1. The Morgan fingerprint density at radius 3 is 2.82 bits per heavy atom. The maximum atomic E-state index is 10.6. The van der Waals surface area contributed by atoms with Gasteiger partial charge in [-0.05, 0) is 31.5 Å². The van der Waals surface area contributed by atoms with Crippen LogP contribution in [0.25, 0.3) is 0 Å². The molecule has 0 aliphatic carbocycles. The fraction of sp³-hybridized carbons (Fsp3) is 0.417. The Labute approximate surface area is 106 Å². The number of hydrogen-bond acceptors (Lipinski definition) is 3. The Kier molecular flexibility index (Phi) is 5.25. The van der Waals surface area contributed by atoms with E-state index in [-0.39, 0.29) is 0 Å². The van der Waals surface area contributed by atoms with E-state index in [9.17, 15) is 4.79 Å². The summed E-state index contributed by atoms with van der Waals surface area (Å²) in [5.74, 6) is -0.230. The Morgan fingerprint density at radius 2 is 2.29 bits per heavy atom. The van der Waals surface area contributed by atoms with Gasteiger partial charge in [-0.15, -0.1) is 0 Å². The van der Waals surface area contributed by atoms with Gasteiger partial charge in [0.25, 0.3) is 0 Å². The first-order chi connectivity index (χ1) is 8.04. The van der Waals surface area contributed by atoms with Gasteiger partial charge in [0.15, 0.2) is 0 Å². The number of ether oxygens (including phenoxy) is 1. The van der Waals surface area contributed by atoms with Crippen molar-refractivity contribution in [3.05, 3.63) is 28.8 Å². The molecule has 0 fully saturated rings. The number of aliphatic carboxylic acids is 1. The summed E-state index contributed by atoms with van der Waals surface area (Å²) < 4.78 is 5.31. The highest BCUT2D eigenvalue weighted by molar-refractivity contribution is 6.32. The average Bonchev–Trinajstić information content (AvgIpc) is 2.29. The number of halogens is 1. The predicted octanol–water partition coefficient (Wildman–Crippen LogP) is 2.30. The van der Waals surface area contributed by atoms with E-state index in [1.807, 2.05) is 13.0 Å². The van der Waals surface area contributed by atoms with Crippen molar-refractivity contribution < 1.29 is 14.6 Å². The Morgan fingerprint density at radius 1 is 1.59 bits per heavy atom. The van der Waals surface area contributed by atoms with Crippen molar-refractivity contribution in [1.29, 1.82) is 0 Å². The number of carbonyl (C=O) groups is 1.